The van der Waals surface area contributed by atoms with Crippen LogP contribution in [0.5, 0.6) is 0 Å². The van der Waals surface area contributed by atoms with Crippen LogP contribution in [0.4, 0.5) is 0 Å². The summed E-state index contributed by atoms with van der Waals surface area (Å²) < 4.78 is 20.1. The average Bonchev–Trinajstić information content (AvgIpc) is 2.39. The van der Waals surface area contributed by atoms with E-state index in [0.29, 0.717) is 39.6 Å². The van der Waals surface area contributed by atoms with Crippen LogP contribution in [-0.2, 0) is 23.7 Å². The number of esters is 1. The molecule has 0 spiro atoms. The minimum Gasteiger partial charge on any atom is -0.463 e. The molecule has 0 saturated carbocycles. The second kappa shape index (κ2) is 15.7. The molecule has 128 valence electrons. The van der Waals surface area contributed by atoms with Crippen LogP contribution in [0.3, 0.4) is 0 Å². The van der Waals surface area contributed by atoms with Gasteiger partial charge in [-0.05, 0) is 20.8 Å². The van der Waals surface area contributed by atoms with Gasteiger partial charge in [-0.15, -0.1) is 0 Å². The first-order valence-corrected chi connectivity index (χ1v) is 7.04. The molecule has 0 aromatic heterocycles. The van der Waals surface area contributed by atoms with E-state index in [1.54, 1.807) is 0 Å². The molecule has 0 amide bonds. The van der Waals surface area contributed by atoms with Gasteiger partial charge in [0.2, 0.25) is 0 Å². The summed E-state index contributed by atoms with van der Waals surface area (Å²) in [4.78, 5) is 10.4. The van der Waals surface area contributed by atoms with Crippen LogP contribution in [0.1, 0.15) is 27.7 Å². The van der Waals surface area contributed by atoms with Crippen LogP contribution in [0, 0.1) is 0 Å². The molecule has 2 N–H and O–H groups in total. The Morgan fingerprint density at radius 2 is 1.57 bits per heavy atom. The van der Waals surface area contributed by atoms with E-state index >= 15 is 0 Å². The monoisotopic (exact) mass is 310 g/mol. The number of hydrogen-bond acceptors (Lipinski definition) is 7. The fraction of sp³-hybridized carbons (Fsp3) is 0.929. The fourth-order valence-electron chi connectivity index (χ4n) is 1.23. The van der Waals surface area contributed by atoms with Gasteiger partial charge in [0.15, 0.2) is 0 Å². The van der Waals surface area contributed by atoms with Gasteiger partial charge in [-0.2, -0.15) is 0 Å². The summed E-state index contributed by atoms with van der Waals surface area (Å²) in [7, 11) is 0. The average molecular weight is 310 g/mol. The second-order valence-corrected chi connectivity index (χ2v) is 4.64. The van der Waals surface area contributed by atoms with E-state index in [-0.39, 0.29) is 24.8 Å². The molecule has 0 unspecified atom stereocenters. The van der Waals surface area contributed by atoms with Gasteiger partial charge < -0.3 is 29.2 Å². The molecule has 0 radical (unpaired) electrons. The molecule has 21 heavy (non-hydrogen) atoms. The molecule has 7 nitrogen and oxygen atoms in total. The Labute approximate surface area is 127 Å². The molecule has 0 aliphatic rings. The number of carbonyl (C=O) groups excluding carboxylic acids is 1. The predicted octanol–water partition coefficient (Wildman–Crippen LogP) is 0.369. The van der Waals surface area contributed by atoms with Crippen LogP contribution >= 0.6 is 0 Å². The first kappa shape index (κ1) is 22.5. The Bertz CT molecular complexity index is 227. The maximum atomic E-state index is 10.4. The molecule has 7 heteroatoms. The van der Waals surface area contributed by atoms with Crippen LogP contribution in [0.2, 0.25) is 0 Å². The Kier molecular flexibility index (Phi) is 16.8. The maximum absolute atomic E-state index is 10.4. The Morgan fingerprint density at radius 1 is 1.00 bits per heavy atom. The lowest BCUT2D eigenvalue weighted by Crippen LogP contribution is -2.31. The lowest BCUT2D eigenvalue weighted by Gasteiger charge is -2.24. The maximum Gasteiger partial charge on any atom is 0.302 e. The highest BCUT2D eigenvalue weighted by Gasteiger charge is 2.17. The summed E-state index contributed by atoms with van der Waals surface area (Å²) in [6, 6.07) is 0. The molecule has 0 saturated heterocycles. The third-order valence-corrected chi connectivity index (χ3v) is 1.99. The standard InChI is InChI=1S/C10H20O4.C4H10O3/c1-5-14-10(3,4)8-12-6-7-13-9(2)11;5-1-3-7-4-2-6/h5-8H2,1-4H3;5-6H,1-4H2. The van der Waals surface area contributed by atoms with Crippen LogP contribution in [0.25, 0.3) is 0 Å². The molecule has 0 aromatic carbocycles. The Hall–Kier alpha value is -0.730. The van der Waals surface area contributed by atoms with Crippen molar-refractivity contribution in [2.24, 2.45) is 0 Å². The second-order valence-electron chi connectivity index (χ2n) is 4.64. The van der Waals surface area contributed by atoms with Crippen molar-refractivity contribution in [3.63, 3.8) is 0 Å². The number of ether oxygens (including phenoxy) is 4. The van der Waals surface area contributed by atoms with Gasteiger partial charge in [0, 0.05) is 13.5 Å². The highest BCUT2D eigenvalue weighted by Crippen LogP contribution is 2.08. The first-order chi connectivity index (χ1) is 9.89. The van der Waals surface area contributed by atoms with E-state index in [1.807, 2.05) is 20.8 Å². The van der Waals surface area contributed by atoms with Crippen LogP contribution in [-0.4, -0.2) is 74.6 Å². The largest absolute Gasteiger partial charge is 0.463 e. The zero-order chi connectivity index (χ0) is 16.6. The highest BCUT2D eigenvalue weighted by molar-refractivity contribution is 5.65. The van der Waals surface area contributed by atoms with Crippen LogP contribution in [0.15, 0.2) is 0 Å². The van der Waals surface area contributed by atoms with Crippen molar-refractivity contribution < 1.29 is 34.0 Å². The van der Waals surface area contributed by atoms with Crippen LogP contribution < -0.4 is 0 Å². The molecule has 0 heterocycles. The van der Waals surface area contributed by atoms with E-state index in [1.165, 1.54) is 6.92 Å². The third kappa shape index (κ3) is 21.7. The highest BCUT2D eigenvalue weighted by atomic mass is 16.6. The zero-order valence-electron chi connectivity index (χ0n) is 13.6. The van der Waals surface area contributed by atoms with Gasteiger partial charge in [0.05, 0.1) is 45.2 Å². The minimum absolute atomic E-state index is 0.0278. The van der Waals surface area contributed by atoms with E-state index in [2.05, 4.69) is 4.74 Å². The van der Waals surface area contributed by atoms with Gasteiger partial charge in [-0.25, -0.2) is 0 Å². The SMILES string of the molecule is CCOC(C)(C)COCCOC(C)=O.OCCOCCO. The zero-order valence-corrected chi connectivity index (χ0v) is 13.6. The van der Waals surface area contributed by atoms with Crippen molar-refractivity contribution in [1.29, 1.82) is 0 Å². The molecule has 0 aliphatic carbocycles. The number of carbonyl (C=O) groups is 1. The molecule has 0 bridgehead atoms. The Balaban J connectivity index is 0. The van der Waals surface area contributed by atoms with E-state index < -0.39 is 0 Å². The third-order valence-electron chi connectivity index (χ3n) is 1.99. The molecule has 0 aromatic rings. The topological polar surface area (TPSA) is 94.5 Å². The fourth-order valence-corrected chi connectivity index (χ4v) is 1.23. The predicted molar refractivity (Wildman–Crippen MR) is 78.1 cm³/mol. The smallest absolute Gasteiger partial charge is 0.302 e. The molecular weight excluding hydrogens is 280 g/mol. The van der Waals surface area contributed by atoms with Crippen molar-refractivity contribution in [2.45, 2.75) is 33.3 Å². The minimum atomic E-state index is -0.280. The van der Waals surface area contributed by atoms with E-state index in [0.717, 1.165) is 0 Å². The summed E-state index contributed by atoms with van der Waals surface area (Å²) in [5.74, 6) is -0.280. The molecule has 0 fully saturated rings. The molecule has 0 aliphatic heterocycles. The molecule has 0 rings (SSSR count). The van der Waals surface area contributed by atoms with E-state index in [9.17, 15) is 4.79 Å². The van der Waals surface area contributed by atoms with Gasteiger partial charge in [-0.3, -0.25) is 4.79 Å². The van der Waals surface area contributed by atoms with Crippen molar-refractivity contribution >= 4 is 5.97 Å². The summed E-state index contributed by atoms with van der Waals surface area (Å²) in [5, 5.41) is 16.2. The summed E-state index contributed by atoms with van der Waals surface area (Å²) in [5.41, 5.74) is -0.273. The Morgan fingerprint density at radius 3 is 2.00 bits per heavy atom. The van der Waals surface area contributed by atoms with Crippen molar-refractivity contribution in [3.8, 4) is 0 Å². The lowest BCUT2D eigenvalue weighted by molar-refractivity contribution is -0.143. The summed E-state index contributed by atoms with van der Waals surface area (Å²) in [6.45, 7) is 9.83. The first-order valence-electron chi connectivity index (χ1n) is 7.04. The number of rotatable bonds is 11. The molecule has 0 atom stereocenters. The molecular formula is C14H30O7. The van der Waals surface area contributed by atoms with Gasteiger partial charge >= 0.3 is 5.97 Å². The normalized spacial score (nSPS) is 10.8. The van der Waals surface area contributed by atoms with Gasteiger partial charge in [0.25, 0.3) is 0 Å². The quantitative estimate of drug-likeness (QED) is 0.420. The van der Waals surface area contributed by atoms with E-state index in [4.69, 9.17) is 24.4 Å². The summed E-state index contributed by atoms with van der Waals surface area (Å²) >= 11 is 0. The van der Waals surface area contributed by atoms with Gasteiger partial charge in [0.1, 0.15) is 6.61 Å². The number of aliphatic hydroxyl groups is 2. The van der Waals surface area contributed by atoms with Gasteiger partial charge in [-0.1, -0.05) is 0 Å². The number of aliphatic hydroxyl groups excluding tert-OH is 2. The lowest BCUT2D eigenvalue weighted by atomic mass is 10.1. The van der Waals surface area contributed by atoms with Crippen molar-refractivity contribution in [1.82, 2.24) is 0 Å². The summed E-state index contributed by atoms with van der Waals surface area (Å²) in [6.07, 6.45) is 0. The van der Waals surface area contributed by atoms with Crippen molar-refractivity contribution in [2.75, 3.05) is 52.9 Å². The number of hydrogen-bond donors (Lipinski definition) is 2. The van der Waals surface area contributed by atoms with Crippen molar-refractivity contribution in [3.05, 3.63) is 0 Å².